The zero-order chi connectivity index (χ0) is 29.5. The van der Waals surface area contributed by atoms with E-state index in [1.54, 1.807) is 0 Å². The van der Waals surface area contributed by atoms with Crippen molar-refractivity contribution in [2.75, 3.05) is 0 Å². The van der Waals surface area contributed by atoms with Gasteiger partial charge >= 0.3 is 0 Å². The quantitative estimate of drug-likeness (QED) is 0.210. The third-order valence-electron chi connectivity index (χ3n) is 9.08. The smallest absolute Gasteiger partial charge is 0.179 e. The first kappa shape index (κ1) is 24.4. The maximum absolute atomic E-state index is 6.69. The van der Waals surface area contributed by atoms with Crippen LogP contribution in [0.2, 0.25) is 0 Å². The summed E-state index contributed by atoms with van der Waals surface area (Å²) >= 11 is 0. The molecule has 0 aliphatic carbocycles. The Morgan fingerprint density at radius 1 is 0.289 bits per heavy atom. The first-order chi connectivity index (χ1) is 22.3. The Balaban J connectivity index is 1.32. The zero-order valence-corrected chi connectivity index (χ0v) is 24.1. The fourth-order valence-corrected chi connectivity index (χ4v) is 6.91. The Bertz CT molecular complexity index is 2740. The molecule has 0 saturated heterocycles. The second-order valence-electron chi connectivity index (χ2n) is 11.7. The number of hydrogen-bond acceptors (Lipinski definition) is 3. The molecule has 10 rings (SSSR count). The molecule has 210 valence electrons. The minimum atomic E-state index is 0.761. The van der Waals surface area contributed by atoms with E-state index >= 15 is 0 Å². The third-order valence-corrected chi connectivity index (χ3v) is 9.08. The summed E-state index contributed by atoms with van der Waals surface area (Å²) in [6.45, 7) is 0. The molecule has 0 spiro atoms. The summed E-state index contributed by atoms with van der Waals surface area (Å²) in [5, 5.41) is 6.41. The number of benzene rings is 7. The van der Waals surface area contributed by atoms with Gasteiger partial charge in [-0.3, -0.25) is 0 Å². The fourth-order valence-electron chi connectivity index (χ4n) is 6.91. The van der Waals surface area contributed by atoms with E-state index in [4.69, 9.17) is 13.3 Å². The minimum Gasteiger partial charge on any atom is -0.456 e. The van der Waals surface area contributed by atoms with E-state index in [9.17, 15) is 0 Å². The SMILES string of the molecule is c1ccc(-c2ccc3oc4c(cc(-c5ccc6oc7ccccc7c6c5)c5c6cc(-c7ccccc7)ccc6oc45)c3c2)cc1. The predicted octanol–water partition coefficient (Wildman–Crippen LogP) is 12.4. The molecule has 0 atom stereocenters. The van der Waals surface area contributed by atoms with Crippen LogP contribution in [0, 0.1) is 0 Å². The van der Waals surface area contributed by atoms with Crippen LogP contribution in [0.15, 0.2) is 159 Å². The van der Waals surface area contributed by atoms with E-state index in [2.05, 4.69) is 121 Å². The van der Waals surface area contributed by atoms with Gasteiger partial charge in [0, 0.05) is 32.3 Å². The summed E-state index contributed by atoms with van der Waals surface area (Å²) < 4.78 is 19.5. The highest BCUT2D eigenvalue weighted by Crippen LogP contribution is 2.46. The molecule has 7 aromatic carbocycles. The summed E-state index contributed by atoms with van der Waals surface area (Å²) in [6, 6.07) is 50.8. The average molecular weight is 577 g/mol. The molecule has 0 aliphatic rings. The summed E-state index contributed by atoms with van der Waals surface area (Å²) in [6.07, 6.45) is 0. The van der Waals surface area contributed by atoms with Gasteiger partial charge in [-0.2, -0.15) is 0 Å². The topological polar surface area (TPSA) is 39.4 Å². The molecule has 0 saturated carbocycles. The first-order valence-electron chi connectivity index (χ1n) is 15.2. The van der Waals surface area contributed by atoms with Crippen molar-refractivity contribution < 1.29 is 13.3 Å². The lowest BCUT2D eigenvalue weighted by Gasteiger charge is -2.07. The maximum Gasteiger partial charge on any atom is 0.179 e. The maximum atomic E-state index is 6.69. The van der Waals surface area contributed by atoms with Crippen molar-refractivity contribution in [2.24, 2.45) is 0 Å². The molecular weight excluding hydrogens is 552 g/mol. The van der Waals surface area contributed by atoms with Crippen molar-refractivity contribution in [3.05, 3.63) is 146 Å². The van der Waals surface area contributed by atoms with Crippen LogP contribution in [-0.4, -0.2) is 0 Å². The van der Waals surface area contributed by atoms with Gasteiger partial charge in [0.05, 0.1) is 0 Å². The molecule has 0 N–H and O–H groups in total. The number of furan rings is 3. The number of para-hydroxylation sites is 1. The highest BCUT2D eigenvalue weighted by molar-refractivity contribution is 6.25. The van der Waals surface area contributed by atoms with Crippen LogP contribution < -0.4 is 0 Å². The van der Waals surface area contributed by atoms with Crippen LogP contribution >= 0.6 is 0 Å². The van der Waals surface area contributed by atoms with Crippen LogP contribution in [0.4, 0.5) is 0 Å². The van der Waals surface area contributed by atoms with E-state index < -0.39 is 0 Å². The third kappa shape index (κ3) is 3.65. The number of rotatable bonds is 3. The van der Waals surface area contributed by atoms with Gasteiger partial charge in [-0.15, -0.1) is 0 Å². The van der Waals surface area contributed by atoms with Crippen molar-refractivity contribution in [1.82, 2.24) is 0 Å². The molecule has 3 nitrogen and oxygen atoms in total. The van der Waals surface area contributed by atoms with Crippen LogP contribution in [-0.2, 0) is 0 Å². The summed E-state index contributed by atoms with van der Waals surface area (Å²) in [4.78, 5) is 0. The standard InChI is InChI=1S/C42H24O3/c1-3-9-25(10-4-1)27-15-18-38-33(21-27)34-24-31(29-17-20-37-32(23-29)30-13-7-8-14-36(30)43-37)40-35-22-28(26-11-5-2-6-12-26)16-19-39(35)45-42(40)41(34)44-38/h1-24H. The molecule has 0 aliphatic heterocycles. The molecule has 0 bridgehead atoms. The van der Waals surface area contributed by atoms with Crippen LogP contribution in [0.25, 0.3) is 99.2 Å². The first-order valence-corrected chi connectivity index (χ1v) is 15.2. The highest BCUT2D eigenvalue weighted by Gasteiger charge is 2.22. The van der Waals surface area contributed by atoms with Gasteiger partial charge in [0.25, 0.3) is 0 Å². The van der Waals surface area contributed by atoms with Crippen LogP contribution in [0.1, 0.15) is 0 Å². The summed E-state index contributed by atoms with van der Waals surface area (Å²) in [7, 11) is 0. The van der Waals surface area contributed by atoms with E-state index in [0.717, 1.165) is 88.1 Å². The average Bonchev–Trinajstić information content (AvgIpc) is 3.79. The normalized spacial score (nSPS) is 12.0. The zero-order valence-electron chi connectivity index (χ0n) is 24.1. The van der Waals surface area contributed by atoms with E-state index in [-0.39, 0.29) is 0 Å². The van der Waals surface area contributed by atoms with Gasteiger partial charge in [0.1, 0.15) is 22.3 Å². The Labute approximate surface area is 257 Å². The Kier molecular flexibility index (Phi) is 5.00. The number of fused-ring (bicyclic) bond motifs is 10. The predicted molar refractivity (Wildman–Crippen MR) is 185 cm³/mol. The van der Waals surface area contributed by atoms with Crippen molar-refractivity contribution in [3.63, 3.8) is 0 Å². The molecule has 45 heavy (non-hydrogen) atoms. The Morgan fingerprint density at radius 3 is 1.53 bits per heavy atom. The van der Waals surface area contributed by atoms with E-state index in [0.29, 0.717) is 0 Å². The van der Waals surface area contributed by atoms with Crippen molar-refractivity contribution in [3.8, 4) is 33.4 Å². The second kappa shape index (κ2) is 9.22. The largest absolute Gasteiger partial charge is 0.456 e. The molecule has 3 heterocycles. The summed E-state index contributed by atoms with van der Waals surface area (Å²) in [5.41, 5.74) is 11.8. The molecule has 0 amide bonds. The van der Waals surface area contributed by atoms with Crippen LogP contribution in [0.5, 0.6) is 0 Å². The second-order valence-corrected chi connectivity index (χ2v) is 11.7. The Hall–Kier alpha value is -6.06. The molecule has 10 aromatic rings. The van der Waals surface area contributed by atoms with Gasteiger partial charge < -0.3 is 13.3 Å². The number of hydrogen-bond donors (Lipinski definition) is 0. The van der Waals surface area contributed by atoms with Crippen molar-refractivity contribution in [1.29, 1.82) is 0 Å². The lowest BCUT2D eigenvalue weighted by molar-refractivity contribution is 0.633. The molecule has 0 radical (unpaired) electrons. The lowest BCUT2D eigenvalue weighted by Crippen LogP contribution is -1.83. The lowest BCUT2D eigenvalue weighted by atomic mass is 9.94. The summed E-state index contributed by atoms with van der Waals surface area (Å²) in [5.74, 6) is 0. The molecule has 3 heteroatoms. The van der Waals surface area contributed by atoms with E-state index in [1.165, 1.54) is 11.1 Å². The van der Waals surface area contributed by atoms with Gasteiger partial charge in [0.15, 0.2) is 11.2 Å². The molecule has 0 unspecified atom stereocenters. The Morgan fingerprint density at radius 2 is 0.800 bits per heavy atom. The molecule has 0 fully saturated rings. The van der Waals surface area contributed by atoms with Gasteiger partial charge in [-0.1, -0.05) is 97.1 Å². The van der Waals surface area contributed by atoms with Gasteiger partial charge in [-0.25, -0.2) is 0 Å². The van der Waals surface area contributed by atoms with E-state index in [1.807, 2.05) is 24.3 Å². The van der Waals surface area contributed by atoms with Crippen molar-refractivity contribution in [2.45, 2.75) is 0 Å². The highest BCUT2D eigenvalue weighted by atomic mass is 16.4. The minimum absolute atomic E-state index is 0.761. The fraction of sp³-hybridized carbons (Fsp3) is 0. The monoisotopic (exact) mass is 576 g/mol. The van der Waals surface area contributed by atoms with Crippen molar-refractivity contribution >= 4 is 65.8 Å². The van der Waals surface area contributed by atoms with Gasteiger partial charge in [-0.05, 0) is 81.9 Å². The van der Waals surface area contributed by atoms with Crippen LogP contribution in [0.3, 0.4) is 0 Å². The molecular formula is C42H24O3. The van der Waals surface area contributed by atoms with Gasteiger partial charge in [0.2, 0.25) is 0 Å². The molecule has 3 aromatic heterocycles.